The smallest absolute Gasteiger partial charge is 0.323 e. The molecule has 2 rings (SSSR count). The number of nitrogens with zero attached hydrogens (tertiary/aromatic N) is 2. The number of benzene rings is 1. The highest BCUT2D eigenvalue weighted by Crippen LogP contribution is 2.24. The quantitative estimate of drug-likeness (QED) is 0.857. The van der Waals surface area contributed by atoms with Crippen LogP contribution in [0.5, 0.6) is 0 Å². The third-order valence-electron chi connectivity index (χ3n) is 2.86. The fraction of sp³-hybridized carbons (Fsp3) is 0.286. The number of para-hydroxylation sites is 1. The monoisotopic (exact) mass is 260 g/mol. The van der Waals surface area contributed by atoms with Gasteiger partial charge in [-0.05, 0) is 12.1 Å². The third kappa shape index (κ3) is 3.20. The largest absolute Gasteiger partial charge is 0.480 e. The number of anilines is 1. The second-order valence-corrected chi connectivity index (χ2v) is 4.16. The van der Waals surface area contributed by atoms with E-state index in [1.54, 1.807) is 18.2 Å². The molecule has 1 aromatic heterocycles. The summed E-state index contributed by atoms with van der Waals surface area (Å²) in [6.07, 6.45) is 1.69. The van der Waals surface area contributed by atoms with E-state index < -0.39 is 5.97 Å². The van der Waals surface area contributed by atoms with Crippen LogP contribution in [-0.2, 0) is 9.53 Å². The van der Waals surface area contributed by atoms with Gasteiger partial charge < -0.3 is 14.7 Å². The first-order valence-corrected chi connectivity index (χ1v) is 6.02. The molecule has 0 fully saturated rings. The van der Waals surface area contributed by atoms with E-state index in [9.17, 15) is 4.79 Å². The van der Waals surface area contributed by atoms with Gasteiger partial charge in [-0.2, -0.15) is 0 Å². The molecule has 0 radical (unpaired) electrons. The summed E-state index contributed by atoms with van der Waals surface area (Å²) in [7, 11) is 1.60. The van der Waals surface area contributed by atoms with E-state index in [1.807, 2.05) is 30.3 Å². The average Bonchev–Trinajstić information content (AvgIpc) is 2.42. The van der Waals surface area contributed by atoms with Gasteiger partial charge >= 0.3 is 5.97 Å². The van der Waals surface area contributed by atoms with Gasteiger partial charge in [0.1, 0.15) is 6.54 Å². The van der Waals surface area contributed by atoms with Crippen molar-refractivity contribution in [3.05, 3.63) is 36.5 Å². The molecule has 0 aliphatic heterocycles. The fourth-order valence-corrected chi connectivity index (χ4v) is 2.01. The maximum Gasteiger partial charge on any atom is 0.323 e. The molecule has 100 valence electrons. The minimum absolute atomic E-state index is 0.0582. The van der Waals surface area contributed by atoms with Gasteiger partial charge in [0.15, 0.2) is 0 Å². The molecule has 0 spiro atoms. The lowest BCUT2D eigenvalue weighted by Crippen LogP contribution is -2.32. The van der Waals surface area contributed by atoms with Crippen molar-refractivity contribution in [1.82, 2.24) is 4.98 Å². The third-order valence-corrected chi connectivity index (χ3v) is 2.86. The Morgan fingerprint density at radius 2 is 2.16 bits per heavy atom. The van der Waals surface area contributed by atoms with Crippen LogP contribution in [0, 0.1) is 0 Å². The van der Waals surface area contributed by atoms with Crippen LogP contribution in [0.4, 0.5) is 5.69 Å². The van der Waals surface area contributed by atoms with Crippen molar-refractivity contribution in [2.75, 3.05) is 31.7 Å². The van der Waals surface area contributed by atoms with E-state index in [4.69, 9.17) is 9.84 Å². The fourth-order valence-electron chi connectivity index (χ4n) is 2.01. The maximum atomic E-state index is 11.0. The summed E-state index contributed by atoms with van der Waals surface area (Å²) in [6.45, 7) is 0.943. The molecule has 5 heteroatoms. The Morgan fingerprint density at radius 1 is 1.37 bits per heavy atom. The Kier molecular flexibility index (Phi) is 4.30. The molecule has 0 saturated heterocycles. The van der Waals surface area contributed by atoms with Gasteiger partial charge in [-0.1, -0.05) is 18.2 Å². The molecule has 2 aromatic rings. The summed E-state index contributed by atoms with van der Waals surface area (Å²) < 4.78 is 5.04. The van der Waals surface area contributed by atoms with Crippen molar-refractivity contribution in [3.8, 4) is 0 Å². The number of carbonyl (C=O) groups is 1. The number of hydrogen-bond acceptors (Lipinski definition) is 4. The van der Waals surface area contributed by atoms with Crippen molar-refractivity contribution in [1.29, 1.82) is 0 Å². The standard InChI is InChI=1S/C14H16N2O3/c1-19-9-8-16(10-14(17)18)13-6-7-15-12-5-3-2-4-11(12)13/h2-7H,8-10H2,1H3,(H,17,18). The Morgan fingerprint density at radius 3 is 2.89 bits per heavy atom. The molecule has 0 bridgehead atoms. The summed E-state index contributed by atoms with van der Waals surface area (Å²) in [5.41, 5.74) is 1.72. The predicted octanol–water partition coefficient (Wildman–Crippen LogP) is 1.77. The van der Waals surface area contributed by atoms with Crippen LogP contribution in [0.15, 0.2) is 36.5 Å². The van der Waals surface area contributed by atoms with E-state index in [-0.39, 0.29) is 6.54 Å². The number of carboxylic acid groups (broad SMARTS) is 1. The molecule has 1 aromatic carbocycles. The minimum Gasteiger partial charge on any atom is -0.480 e. The Labute approximate surface area is 111 Å². The number of carboxylic acids is 1. The zero-order valence-electron chi connectivity index (χ0n) is 10.7. The number of aliphatic carboxylic acids is 1. The van der Waals surface area contributed by atoms with Gasteiger partial charge in [0.25, 0.3) is 0 Å². The molecule has 0 atom stereocenters. The van der Waals surface area contributed by atoms with Crippen molar-refractivity contribution < 1.29 is 14.6 Å². The van der Waals surface area contributed by atoms with E-state index in [0.717, 1.165) is 16.6 Å². The zero-order valence-corrected chi connectivity index (χ0v) is 10.7. The number of fused-ring (bicyclic) bond motifs is 1. The topological polar surface area (TPSA) is 62.7 Å². The van der Waals surface area contributed by atoms with E-state index >= 15 is 0 Å². The number of methoxy groups -OCH3 is 1. The molecule has 5 nitrogen and oxygen atoms in total. The minimum atomic E-state index is -0.864. The Balaban J connectivity index is 2.39. The Hall–Kier alpha value is -2.14. The van der Waals surface area contributed by atoms with Crippen LogP contribution in [0.3, 0.4) is 0 Å². The Bertz CT molecular complexity index is 566. The lowest BCUT2D eigenvalue weighted by molar-refractivity contribution is -0.135. The second kappa shape index (κ2) is 6.15. The number of aromatic nitrogens is 1. The summed E-state index contributed by atoms with van der Waals surface area (Å²) >= 11 is 0. The van der Waals surface area contributed by atoms with Crippen molar-refractivity contribution >= 4 is 22.6 Å². The van der Waals surface area contributed by atoms with Gasteiger partial charge in [0, 0.05) is 30.9 Å². The first-order chi connectivity index (χ1) is 9.22. The first-order valence-electron chi connectivity index (χ1n) is 6.02. The average molecular weight is 260 g/mol. The van der Waals surface area contributed by atoms with Crippen molar-refractivity contribution in [3.63, 3.8) is 0 Å². The van der Waals surface area contributed by atoms with E-state index in [2.05, 4.69) is 4.98 Å². The predicted molar refractivity (Wildman–Crippen MR) is 73.5 cm³/mol. The highest BCUT2D eigenvalue weighted by molar-refractivity contribution is 5.92. The molecule has 1 heterocycles. The van der Waals surface area contributed by atoms with Gasteiger partial charge in [-0.25, -0.2) is 0 Å². The van der Waals surface area contributed by atoms with E-state index in [0.29, 0.717) is 13.2 Å². The van der Waals surface area contributed by atoms with Gasteiger partial charge in [-0.15, -0.1) is 0 Å². The number of ether oxygens (including phenoxy) is 1. The summed E-state index contributed by atoms with van der Waals surface area (Å²) in [6, 6.07) is 9.52. The van der Waals surface area contributed by atoms with E-state index in [1.165, 1.54) is 0 Å². The maximum absolute atomic E-state index is 11.0. The van der Waals surface area contributed by atoms with Crippen molar-refractivity contribution in [2.45, 2.75) is 0 Å². The highest BCUT2D eigenvalue weighted by Gasteiger charge is 2.13. The molecule has 1 N–H and O–H groups in total. The molecule has 0 aliphatic carbocycles. The molecule has 0 aliphatic rings. The van der Waals surface area contributed by atoms with Crippen LogP contribution in [0.2, 0.25) is 0 Å². The van der Waals surface area contributed by atoms with Gasteiger partial charge in [0.2, 0.25) is 0 Å². The molecule has 19 heavy (non-hydrogen) atoms. The van der Waals surface area contributed by atoms with Crippen LogP contribution >= 0.6 is 0 Å². The number of pyridine rings is 1. The lowest BCUT2D eigenvalue weighted by atomic mass is 10.1. The molecule has 0 amide bonds. The SMILES string of the molecule is COCCN(CC(=O)O)c1ccnc2ccccc12. The highest BCUT2D eigenvalue weighted by atomic mass is 16.5. The normalized spacial score (nSPS) is 10.6. The number of rotatable bonds is 6. The molecule has 0 saturated carbocycles. The van der Waals surface area contributed by atoms with Crippen LogP contribution in [0.1, 0.15) is 0 Å². The van der Waals surface area contributed by atoms with Crippen LogP contribution < -0.4 is 4.90 Å². The first kappa shape index (κ1) is 13.3. The zero-order chi connectivity index (χ0) is 13.7. The van der Waals surface area contributed by atoms with Crippen LogP contribution in [0.25, 0.3) is 10.9 Å². The number of hydrogen-bond donors (Lipinski definition) is 1. The molecule has 0 unspecified atom stereocenters. The summed E-state index contributed by atoms with van der Waals surface area (Å²) in [4.78, 5) is 17.1. The molecular formula is C14H16N2O3. The van der Waals surface area contributed by atoms with Crippen molar-refractivity contribution in [2.24, 2.45) is 0 Å². The molecular weight excluding hydrogens is 244 g/mol. The lowest BCUT2D eigenvalue weighted by Gasteiger charge is -2.23. The van der Waals surface area contributed by atoms with Gasteiger partial charge in [0.05, 0.1) is 12.1 Å². The van der Waals surface area contributed by atoms with Crippen LogP contribution in [-0.4, -0.2) is 42.9 Å². The second-order valence-electron chi connectivity index (χ2n) is 4.16. The summed E-state index contributed by atoms with van der Waals surface area (Å²) in [5, 5.41) is 9.97. The van der Waals surface area contributed by atoms with Gasteiger partial charge in [-0.3, -0.25) is 9.78 Å². The summed E-state index contributed by atoms with van der Waals surface area (Å²) in [5.74, 6) is -0.864.